The summed E-state index contributed by atoms with van der Waals surface area (Å²) < 4.78 is 10.9. The van der Waals surface area contributed by atoms with E-state index in [9.17, 15) is 0 Å². The third kappa shape index (κ3) is 7.74. The lowest BCUT2D eigenvalue weighted by molar-refractivity contribution is 0.0803. The normalized spacial score (nSPS) is 10.9. The fourth-order valence-corrected chi connectivity index (χ4v) is 1.44. The molecule has 108 valence electrons. The molecule has 0 spiro atoms. The van der Waals surface area contributed by atoms with Gasteiger partial charge in [0.15, 0.2) is 0 Å². The molecular formula is C14H25N3O2. The number of nitrogens with one attached hydrogen (secondary N) is 1. The van der Waals surface area contributed by atoms with E-state index in [2.05, 4.69) is 36.3 Å². The predicted molar refractivity (Wildman–Crippen MR) is 75.2 cm³/mol. The molecule has 5 nitrogen and oxygen atoms in total. The molecule has 0 amide bonds. The number of nitrogens with zero attached hydrogens (tertiary/aromatic N) is 2. The van der Waals surface area contributed by atoms with E-state index in [-0.39, 0.29) is 0 Å². The lowest BCUT2D eigenvalue weighted by atomic mass is 10.2. The number of aromatic nitrogens is 2. The van der Waals surface area contributed by atoms with Gasteiger partial charge in [-0.05, 0) is 24.9 Å². The van der Waals surface area contributed by atoms with Crippen LogP contribution in [-0.4, -0.2) is 36.6 Å². The van der Waals surface area contributed by atoms with E-state index in [1.807, 2.05) is 12.1 Å². The SMILES string of the molecule is CCCNCc1ccc(OCCOCC(C)C)nn1. The molecule has 0 aliphatic carbocycles. The average Bonchev–Trinajstić information content (AvgIpc) is 2.40. The summed E-state index contributed by atoms with van der Waals surface area (Å²) in [6.45, 7) is 9.98. The van der Waals surface area contributed by atoms with Gasteiger partial charge < -0.3 is 14.8 Å². The molecule has 0 aromatic carbocycles. The molecule has 0 fully saturated rings. The van der Waals surface area contributed by atoms with E-state index >= 15 is 0 Å². The molecule has 5 heteroatoms. The van der Waals surface area contributed by atoms with E-state index in [4.69, 9.17) is 9.47 Å². The van der Waals surface area contributed by atoms with Gasteiger partial charge in [0.05, 0.1) is 12.3 Å². The highest BCUT2D eigenvalue weighted by atomic mass is 16.5. The van der Waals surface area contributed by atoms with E-state index in [1.165, 1.54) is 0 Å². The van der Waals surface area contributed by atoms with Crippen LogP contribution in [0.5, 0.6) is 5.88 Å². The van der Waals surface area contributed by atoms with E-state index < -0.39 is 0 Å². The average molecular weight is 267 g/mol. The molecule has 1 rings (SSSR count). The highest BCUT2D eigenvalue weighted by Gasteiger charge is 1.99. The Bertz CT molecular complexity index is 328. The van der Waals surface area contributed by atoms with E-state index in [1.54, 1.807) is 0 Å². The zero-order valence-electron chi connectivity index (χ0n) is 12.2. The number of hydrogen-bond acceptors (Lipinski definition) is 5. The van der Waals surface area contributed by atoms with Crippen LogP contribution in [0, 0.1) is 5.92 Å². The smallest absolute Gasteiger partial charge is 0.233 e. The van der Waals surface area contributed by atoms with Crippen molar-refractivity contribution < 1.29 is 9.47 Å². The van der Waals surface area contributed by atoms with Gasteiger partial charge >= 0.3 is 0 Å². The van der Waals surface area contributed by atoms with Crippen molar-refractivity contribution >= 4 is 0 Å². The first-order chi connectivity index (χ1) is 9.22. The summed E-state index contributed by atoms with van der Waals surface area (Å²) >= 11 is 0. The van der Waals surface area contributed by atoms with E-state index in [0.29, 0.717) is 25.0 Å². The van der Waals surface area contributed by atoms with Crippen molar-refractivity contribution in [2.75, 3.05) is 26.4 Å². The molecule has 19 heavy (non-hydrogen) atoms. The fraction of sp³-hybridized carbons (Fsp3) is 0.714. The molecule has 0 bridgehead atoms. The molecular weight excluding hydrogens is 242 g/mol. The standard InChI is InChI=1S/C14H25N3O2/c1-4-7-15-10-13-5-6-14(17-16-13)19-9-8-18-11-12(2)3/h5-6,12,15H,4,7-11H2,1-3H3. The number of ether oxygens (including phenoxy) is 2. The second-order valence-corrected chi connectivity index (χ2v) is 4.86. The minimum absolute atomic E-state index is 0.509. The first-order valence-electron chi connectivity index (χ1n) is 6.96. The maximum Gasteiger partial charge on any atom is 0.233 e. The molecule has 1 N–H and O–H groups in total. The van der Waals surface area contributed by atoms with Crippen LogP contribution in [0.2, 0.25) is 0 Å². The molecule has 0 aliphatic rings. The maximum atomic E-state index is 5.45. The summed E-state index contributed by atoms with van der Waals surface area (Å²) in [4.78, 5) is 0. The molecule has 0 saturated carbocycles. The Morgan fingerprint density at radius 1 is 1.21 bits per heavy atom. The second-order valence-electron chi connectivity index (χ2n) is 4.86. The minimum Gasteiger partial charge on any atom is -0.474 e. The second kappa shape index (κ2) is 9.69. The summed E-state index contributed by atoms with van der Waals surface area (Å²) in [6, 6.07) is 3.78. The van der Waals surface area contributed by atoms with Gasteiger partial charge in [-0.3, -0.25) is 0 Å². The van der Waals surface area contributed by atoms with Crippen molar-refractivity contribution in [3.63, 3.8) is 0 Å². The number of rotatable bonds is 10. The molecule has 0 unspecified atom stereocenters. The van der Waals surface area contributed by atoms with E-state index in [0.717, 1.165) is 31.8 Å². The van der Waals surface area contributed by atoms with Crippen LogP contribution in [0.25, 0.3) is 0 Å². The molecule has 0 aliphatic heterocycles. The third-order valence-corrected chi connectivity index (χ3v) is 2.36. The zero-order chi connectivity index (χ0) is 13.9. The van der Waals surface area contributed by atoms with Crippen molar-refractivity contribution in [2.24, 2.45) is 5.92 Å². The Morgan fingerprint density at radius 3 is 2.68 bits per heavy atom. The van der Waals surface area contributed by atoms with Gasteiger partial charge in [0.2, 0.25) is 5.88 Å². The Balaban J connectivity index is 2.17. The van der Waals surface area contributed by atoms with Gasteiger partial charge in [0.25, 0.3) is 0 Å². The van der Waals surface area contributed by atoms with Gasteiger partial charge in [-0.25, -0.2) is 0 Å². The first kappa shape index (κ1) is 15.9. The van der Waals surface area contributed by atoms with Crippen LogP contribution in [0.4, 0.5) is 0 Å². The van der Waals surface area contributed by atoms with Crippen LogP contribution in [0.1, 0.15) is 32.9 Å². The summed E-state index contributed by atoms with van der Waals surface area (Å²) in [5, 5.41) is 11.4. The van der Waals surface area contributed by atoms with Crippen molar-refractivity contribution in [2.45, 2.75) is 33.7 Å². The Morgan fingerprint density at radius 2 is 2.05 bits per heavy atom. The monoisotopic (exact) mass is 267 g/mol. The molecule has 1 aromatic rings. The summed E-state index contributed by atoms with van der Waals surface area (Å²) in [5.74, 6) is 1.10. The zero-order valence-corrected chi connectivity index (χ0v) is 12.2. The van der Waals surface area contributed by atoms with Gasteiger partial charge in [-0.15, -0.1) is 5.10 Å². The first-order valence-corrected chi connectivity index (χ1v) is 6.96. The van der Waals surface area contributed by atoms with Crippen LogP contribution in [0.3, 0.4) is 0 Å². The Hall–Kier alpha value is -1.20. The summed E-state index contributed by atoms with van der Waals surface area (Å²) in [6.07, 6.45) is 1.12. The van der Waals surface area contributed by atoms with Crippen molar-refractivity contribution in [3.8, 4) is 5.88 Å². The van der Waals surface area contributed by atoms with Crippen LogP contribution >= 0.6 is 0 Å². The van der Waals surface area contributed by atoms with Crippen LogP contribution < -0.4 is 10.1 Å². The minimum atomic E-state index is 0.509. The molecule has 1 aromatic heterocycles. The lowest BCUT2D eigenvalue weighted by Crippen LogP contribution is -2.15. The topological polar surface area (TPSA) is 56.3 Å². The van der Waals surface area contributed by atoms with Crippen molar-refractivity contribution in [1.29, 1.82) is 0 Å². The van der Waals surface area contributed by atoms with Gasteiger partial charge in [0.1, 0.15) is 6.61 Å². The Kier molecular flexibility index (Phi) is 8.09. The van der Waals surface area contributed by atoms with Crippen molar-refractivity contribution in [1.82, 2.24) is 15.5 Å². The highest BCUT2D eigenvalue weighted by Crippen LogP contribution is 2.04. The largest absolute Gasteiger partial charge is 0.474 e. The maximum absolute atomic E-state index is 5.45. The highest BCUT2D eigenvalue weighted by molar-refractivity contribution is 5.11. The van der Waals surface area contributed by atoms with Gasteiger partial charge in [-0.2, -0.15) is 5.10 Å². The molecule has 0 radical (unpaired) electrons. The predicted octanol–water partition coefficient (Wildman–Crippen LogP) is 2.03. The van der Waals surface area contributed by atoms with Gasteiger partial charge in [0, 0.05) is 19.2 Å². The molecule has 1 heterocycles. The third-order valence-electron chi connectivity index (χ3n) is 2.36. The quantitative estimate of drug-likeness (QED) is 0.657. The molecule has 0 saturated heterocycles. The lowest BCUT2D eigenvalue weighted by Gasteiger charge is -2.08. The Labute approximate surface area is 115 Å². The summed E-state index contributed by atoms with van der Waals surface area (Å²) in [5.41, 5.74) is 0.928. The molecule has 0 atom stereocenters. The van der Waals surface area contributed by atoms with Gasteiger partial charge in [-0.1, -0.05) is 20.8 Å². The van der Waals surface area contributed by atoms with Crippen molar-refractivity contribution in [3.05, 3.63) is 17.8 Å². The van der Waals surface area contributed by atoms with Crippen LogP contribution in [-0.2, 0) is 11.3 Å². The fourth-order valence-electron chi connectivity index (χ4n) is 1.44. The number of hydrogen-bond donors (Lipinski definition) is 1. The summed E-state index contributed by atoms with van der Waals surface area (Å²) in [7, 11) is 0. The van der Waals surface area contributed by atoms with Crippen LogP contribution in [0.15, 0.2) is 12.1 Å².